The Hall–Kier alpha value is -0.790. The summed E-state index contributed by atoms with van der Waals surface area (Å²) in [4.78, 5) is 6.29. The molecule has 1 fully saturated rings. The summed E-state index contributed by atoms with van der Waals surface area (Å²) in [6, 6.07) is 3.89. The minimum Gasteiger partial charge on any atom is -0.338 e. The fourth-order valence-corrected chi connectivity index (χ4v) is 4.92. The van der Waals surface area contributed by atoms with Gasteiger partial charge >= 0.3 is 0 Å². The standard InChI is InChI=1S/C12H19N3O2S2/c1-13-7-10-3-4-11(14-8-10)15-5-6-18-9-12(15)19(2,16)17/h3-4,8,12-13H,5-7,9H2,1-2H3. The van der Waals surface area contributed by atoms with Crippen LogP contribution in [0.4, 0.5) is 5.82 Å². The largest absolute Gasteiger partial charge is 0.338 e. The first-order chi connectivity index (χ1) is 9.02. The van der Waals surface area contributed by atoms with E-state index in [-0.39, 0.29) is 0 Å². The molecule has 1 atom stereocenters. The zero-order chi connectivity index (χ0) is 13.9. The first-order valence-corrected chi connectivity index (χ1v) is 9.26. The van der Waals surface area contributed by atoms with E-state index in [0.29, 0.717) is 5.75 Å². The first kappa shape index (κ1) is 14.6. The van der Waals surface area contributed by atoms with Crippen LogP contribution in [0.2, 0.25) is 0 Å². The molecule has 1 aliphatic rings. The second kappa shape index (κ2) is 6.11. The van der Waals surface area contributed by atoms with Gasteiger partial charge in [0.25, 0.3) is 0 Å². The number of pyridine rings is 1. The summed E-state index contributed by atoms with van der Waals surface area (Å²) in [6.45, 7) is 1.49. The van der Waals surface area contributed by atoms with Crippen molar-refractivity contribution in [2.45, 2.75) is 11.9 Å². The molecule has 0 radical (unpaired) electrons. The second-order valence-electron chi connectivity index (χ2n) is 4.61. The molecule has 1 saturated heterocycles. The van der Waals surface area contributed by atoms with Gasteiger partial charge in [0, 0.05) is 37.0 Å². The highest BCUT2D eigenvalue weighted by Crippen LogP contribution is 2.25. The van der Waals surface area contributed by atoms with Gasteiger partial charge in [-0.3, -0.25) is 0 Å². The number of hydrogen-bond donors (Lipinski definition) is 1. The van der Waals surface area contributed by atoms with E-state index in [4.69, 9.17) is 0 Å². The molecule has 106 valence electrons. The van der Waals surface area contributed by atoms with Crippen LogP contribution in [0.3, 0.4) is 0 Å². The van der Waals surface area contributed by atoms with Crippen LogP contribution in [-0.2, 0) is 16.4 Å². The molecule has 0 aliphatic carbocycles. The Balaban J connectivity index is 2.22. The SMILES string of the molecule is CNCc1ccc(N2CCSCC2S(C)(=O)=O)nc1. The van der Waals surface area contributed by atoms with Crippen LogP contribution in [0.25, 0.3) is 0 Å². The number of aromatic nitrogens is 1. The maximum Gasteiger partial charge on any atom is 0.169 e. The van der Waals surface area contributed by atoms with Crippen molar-refractivity contribution in [2.75, 3.05) is 36.3 Å². The Morgan fingerprint density at radius 3 is 2.89 bits per heavy atom. The third-order valence-electron chi connectivity index (χ3n) is 3.06. The molecule has 0 saturated carbocycles. The molecule has 7 heteroatoms. The number of thioether (sulfide) groups is 1. The van der Waals surface area contributed by atoms with Gasteiger partial charge < -0.3 is 10.2 Å². The summed E-state index contributed by atoms with van der Waals surface area (Å²) in [5.41, 5.74) is 1.09. The van der Waals surface area contributed by atoms with Crippen molar-refractivity contribution in [1.29, 1.82) is 0 Å². The molecule has 0 bridgehead atoms. The first-order valence-electron chi connectivity index (χ1n) is 6.15. The van der Waals surface area contributed by atoms with E-state index in [9.17, 15) is 8.42 Å². The van der Waals surface area contributed by atoms with Gasteiger partial charge in [0.15, 0.2) is 9.84 Å². The van der Waals surface area contributed by atoms with Crippen molar-refractivity contribution < 1.29 is 8.42 Å². The zero-order valence-electron chi connectivity index (χ0n) is 11.2. The second-order valence-corrected chi connectivity index (χ2v) is 7.96. The highest BCUT2D eigenvalue weighted by molar-refractivity contribution is 8.01. The number of rotatable bonds is 4. The predicted octanol–water partition coefficient (Wildman–Crippen LogP) is 0.725. The molecule has 19 heavy (non-hydrogen) atoms. The van der Waals surface area contributed by atoms with Gasteiger partial charge in [-0.1, -0.05) is 6.07 Å². The highest BCUT2D eigenvalue weighted by Gasteiger charge is 2.31. The van der Waals surface area contributed by atoms with E-state index in [2.05, 4.69) is 10.3 Å². The molecule has 0 spiro atoms. The number of hydrogen-bond acceptors (Lipinski definition) is 6. The van der Waals surface area contributed by atoms with Crippen molar-refractivity contribution in [3.8, 4) is 0 Å². The molecule has 2 heterocycles. The Bertz CT molecular complexity index is 516. The highest BCUT2D eigenvalue weighted by atomic mass is 32.2. The van der Waals surface area contributed by atoms with E-state index in [1.165, 1.54) is 6.26 Å². The van der Waals surface area contributed by atoms with E-state index >= 15 is 0 Å². The summed E-state index contributed by atoms with van der Waals surface area (Å²) in [5, 5.41) is 2.60. The lowest BCUT2D eigenvalue weighted by Gasteiger charge is -2.34. The maximum absolute atomic E-state index is 11.8. The van der Waals surface area contributed by atoms with Crippen LogP contribution >= 0.6 is 11.8 Å². The number of sulfone groups is 1. The van der Waals surface area contributed by atoms with Crippen LogP contribution in [0, 0.1) is 0 Å². The summed E-state index contributed by atoms with van der Waals surface area (Å²) in [7, 11) is -1.21. The molecule has 1 aromatic rings. The summed E-state index contributed by atoms with van der Waals surface area (Å²) < 4.78 is 23.7. The Kier molecular flexibility index (Phi) is 4.70. The smallest absolute Gasteiger partial charge is 0.169 e. The maximum atomic E-state index is 11.8. The lowest BCUT2D eigenvalue weighted by Crippen LogP contribution is -2.47. The average molecular weight is 301 g/mol. The van der Waals surface area contributed by atoms with E-state index in [1.807, 2.05) is 24.1 Å². The van der Waals surface area contributed by atoms with Gasteiger partial charge in [0.05, 0.1) is 0 Å². The number of nitrogens with zero attached hydrogens (tertiary/aromatic N) is 2. The van der Waals surface area contributed by atoms with Gasteiger partial charge in [-0.25, -0.2) is 13.4 Å². The van der Waals surface area contributed by atoms with Crippen molar-refractivity contribution >= 4 is 27.4 Å². The molecule has 2 rings (SSSR count). The van der Waals surface area contributed by atoms with Crippen molar-refractivity contribution in [1.82, 2.24) is 10.3 Å². The van der Waals surface area contributed by atoms with E-state index < -0.39 is 15.2 Å². The fraction of sp³-hybridized carbons (Fsp3) is 0.583. The lowest BCUT2D eigenvalue weighted by atomic mass is 10.3. The topological polar surface area (TPSA) is 62.3 Å². The van der Waals surface area contributed by atoms with Crippen LogP contribution in [0.5, 0.6) is 0 Å². The van der Waals surface area contributed by atoms with Gasteiger partial charge in [0.2, 0.25) is 0 Å². The summed E-state index contributed by atoms with van der Waals surface area (Å²) in [6.07, 6.45) is 3.10. The van der Waals surface area contributed by atoms with Crippen LogP contribution in [0.1, 0.15) is 5.56 Å². The average Bonchev–Trinajstić information content (AvgIpc) is 2.39. The Morgan fingerprint density at radius 2 is 2.32 bits per heavy atom. The van der Waals surface area contributed by atoms with Crippen molar-refractivity contribution in [2.24, 2.45) is 0 Å². The molecule has 0 aromatic carbocycles. The minimum absolute atomic E-state index is 0.464. The van der Waals surface area contributed by atoms with Gasteiger partial charge in [0.1, 0.15) is 11.2 Å². The predicted molar refractivity (Wildman–Crippen MR) is 80.3 cm³/mol. The molecule has 0 amide bonds. The van der Waals surface area contributed by atoms with Crippen LogP contribution < -0.4 is 10.2 Å². The minimum atomic E-state index is -3.09. The number of anilines is 1. The molecule has 1 aromatic heterocycles. The van der Waals surface area contributed by atoms with Gasteiger partial charge in [-0.15, -0.1) is 0 Å². The third-order valence-corrected chi connectivity index (χ3v) is 5.71. The molecule has 1 unspecified atom stereocenters. The molecule has 5 nitrogen and oxygen atoms in total. The normalized spacial score (nSPS) is 20.5. The number of nitrogens with one attached hydrogen (secondary N) is 1. The zero-order valence-corrected chi connectivity index (χ0v) is 12.8. The van der Waals surface area contributed by atoms with E-state index in [0.717, 1.165) is 30.2 Å². The Morgan fingerprint density at radius 1 is 1.53 bits per heavy atom. The van der Waals surface area contributed by atoms with Crippen molar-refractivity contribution in [3.63, 3.8) is 0 Å². The van der Waals surface area contributed by atoms with Crippen LogP contribution in [-0.4, -0.2) is 50.1 Å². The third kappa shape index (κ3) is 3.61. The summed E-state index contributed by atoms with van der Waals surface area (Å²) in [5.74, 6) is 2.29. The van der Waals surface area contributed by atoms with Crippen molar-refractivity contribution in [3.05, 3.63) is 23.9 Å². The molecular weight excluding hydrogens is 282 g/mol. The van der Waals surface area contributed by atoms with Gasteiger partial charge in [-0.05, 0) is 18.7 Å². The van der Waals surface area contributed by atoms with Crippen LogP contribution in [0.15, 0.2) is 18.3 Å². The molecular formula is C12H19N3O2S2. The molecule has 1 aliphatic heterocycles. The summed E-state index contributed by atoms with van der Waals surface area (Å²) >= 11 is 1.68. The lowest BCUT2D eigenvalue weighted by molar-refractivity contribution is 0.583. The molecule has 1 N–H and O–H groups in total. The fourth-order valence-electron chi connectivity index (χ4n) is 2.09. The quantitative estimate of drug-likeness (QED) is 0.884. The van der Waals surface area contributed by atoms with Gasteiger partial charge in [-0.2, -0.15) is 11.8 Å². The Labute approximate surface area is 118 Å². The van der Waals surface area contributed by atoms with E-state index in [1.54, 1.807) is 18.0 Å². The monoisotopic (exact) mass is 301 g/mol.